The lowest BCUT2D eigenvalue weighted by atomic mass is 9.42. The molecule has 1 spiro atoms. The van der Waals surface area contributed by atoms with E-state index < -0.39 is 62.9 Å². The van der Waals surface area contributed by atoms with Crippen LogP contribution in [0.25, 0.3) is 0 Å². The van der Waals surface area contributed by atoms with Crippen molar-refractivity contribution in [3.63, 3.8) is 0 Å². The lowest BCUT2D eigenvalue weighted by molar-refractivity contribution is -0.332. The second kappa shape index (κ2) is 7.47. The Bertz CT molecular complexity index is 1010. The van der Waals surface area contributed by atoms with Crippen molar-refractivity contribution in [2.24, 2.45) is 40.4 Å². The molecule has 1 amide bonds. The van der Waals surface area contributed by atoms with E-state index in [0.717, 1.165) is 19.1 Å². The second-order valence-electron chi connectivity index (χ2n) is 12.3. The summed E-state index contributed by atoms with van der Waals surface area (Å²) in [6.45, 7) is 7.99. The number of hydrogen-bond acceptors (Lipinski definition) is 8. The first-order valence-electron chi connectivity index (χ1n) is 12.4. The highest BCUT2D eigenvalue weighted by atomic mass is 32.2. The summed E-state index contributed by atoms with van der Waals surface area (Å²) in [7, 11) is -3.89. The van der Waals surface area contributed by atoms with Gasteiger partial charge in [-0.2, -0.15) is 8.42 Å². The molecule has 0 aromatic heterocycles. The largest absolute Gasteiger partial charge is 0.393 e. The molecule has 10 heteroatoms. The number of carbonyl (C=O) groups excluding carboxylic acids is 2. The summed E-state index contributed by atoms with van der Waals surface area (Å²) in [6.07, 6.45) is 0.000768. The van der Waals surface area contributed by atoms with Gasteiger partial charge in [0.05, 0.1) is 30.0 Å². The Morgan fingerprint density at radius 1 is 1.12 bits per heavy atom. The van der Waals surface area contributed by atoms with E-state index in [1.165, 1.54) is 0 Å². The van der Waals surface area contributed by atoms with Crippen LogP contribution in [-0.2, 0) is 28.6 Å². The molecule has 11 unspecified atom stereocenters. The van der Waals surface area contributed by atoms with E-state index in [9.17, 15) is 28.2 Å². The molecular formula is C24H37NO8S. The topological polar surface area (TPSA) is 139 Å². The molecule has 5 fully saturated rings. The summed E-state index contributed by atoms with van der Waals surface area (Å²) in [5.74, 6) is -1.83. The number of hydrogen-bond donors (Lipinski definition) is 3. The van der Waals surface area contributed by atoms with E-state index in [0.29, 0.717) is 6.42 Å². The maximum atomic E-state index is 13.5. The van der Waals surface area contributed by atoms with Gasteiger partial charge in [-0.25, -0.2) is 0 Å². The first-order valence-corrected chi connectivity index (χ1v) is 14.2. The highest BCUT2D eigenvalue weighted by Gasteiger charge is 2.72. The number of aliphatic hydroxyl groups is 2. The zero-order valence-electron chi connectivity index (χ0n) is 20.5. The van der Waals surface area contributed by atoms with Crippen LogP contribution < -0.4 is 5.32 Å². The van der Waals surface area contributed by atoms with E-state index in [1.54, 1.807) is 0 Å². The second-order valence-corrected chi connectivity index (χ2v) is 13.9. The number of Topliss-reactive ketones (excluding diaryl/α,β-unsaturated/α-hetero) is 1. The monoisotopic (exact) mass is 499 g/mol. The van der Waals surface area contributed by atoms with E-state index in [-0.39, 0.29) is 42.3 Å². The van der Waals surface area contributed by atoms with Gasteiger partial charge in [-0.15, -0.1) is 0 Å². The van der Waals surface area contributed by atoms with Crippen molar-refractivity contribution in [1.29, 1.82) is 0 Å². The summed E-state index contributed by atoms with van der Waals surface area (Å²) < 4.78 is 36.6. The van der Waals surface area contributed by atoms with Crippen LogP contribution in [0.1, 0.15) is 59.8 Å². The van der Waals surface area contributed by atoms with Crippen molar-refractivity contribution in [2.75, 3.05) is 6.26 Å². The van der Waals surface area contributed by atoms with Crippen molar-refractivity contribution in [1.82, 2.24) is 5.32 Å². The Morgan fingerprint density at radius 2 is 1.79 bits per heavy atom. The molecule has 192 valence electrons. The van der Waals surface area contributed by atoms with E-state index in [4.69, 9.17) is 8.92 Å². The van der Waals surface area contributed by atoms with E-state index in [2.05, 4.69) is 19.2 Å². The predicted octanol–water partition coefficient (Wildman–Crippen LogP) is 0.972. The molecule has 34 heavy (non-hydrogen) atoms. The molecule has 2 saturated heterocycles. The van der Waals surface area contributed by atoms with Crippen LogP contribution >= 0.6 is 0 Å². The Labute approximate surface area is 201 Å². The molecule has 0 bridgehead atoms. The molecule has 0 radical (unpaired) electrons. The minimum Gasteiger partial charge on any atom is -0.393 e. The van der Waals surface area contributed by atoms with Crippen molar-refractivity contribution in [3.05, 3.63) is 0 Å². The summed E-state index contributed by atoms with van der Waals surface area (Å²) in [6, 6.07) is 0. The molecule has 11 atom stereocenters. The van der Waals surface area contributed by atoms with Crippen LogP contribution in [0.5, 0.6) is 0 Å². The quantitative estimate of drug-likeness (QED) is 0.478. The number of nitrogens with one attached hydrogen (secondary N) is 1. The SMILES string of the molecule is CC1CCC2C(C)(C)C(=O)C(OS(C)(=O)=O)CC23OC2C(CC13C)C(O)CC1C(=O)NC(O)C12. The zero-order chi connectivity index (χ0) is 25.0. The average Bonchev–Trinajstić information content (AvgIpc) is 2.98. The smallest absolute Gasteiger partial charge is 0.265 e. The zero-order valence-corrected chi connectivity index (χ0v) is 21.3. The maximum absolute atomic E-state index is 13.5. The predicted molar refractivity (Wildman–Crippen MR) is 121 cm³/mol. The molecule has 0 aromatic carbocycles. The fourth-order valence-corrected chi connectivity index (χ4v) is 9.07. The Hall–Kier alpha value is -1.07. The first kappa shape index (κ1) is 24.6. The minimum atomic E-state index is -3.89. The Kier molecular flexibility index (Phi) is 5.41. The fourth-order valence-electron chi connectivity index (χ4n) is 8.49. The van der Waals surface area contributed by atoms with Crippen LogP contribution in [0.2, 0.25) is 0 Å². The average molecular weight is 500 g/mol. The van der Waals surface area contributed by atoms with Gasteiger partial charge in [-0.1, -0.05) is 27.7 Å². The van der Waals surface area contributed by atoms with Gasteiger partial charge in [0.1, 0.15) is 12.3 Å². The van der Waals surface area contributed by atoms with Gasteiger partial charge in [-0.05, 0) is 31.6 Å². The van der Waals surface area contributed by atoms with Gasteiger partial charge in [-0.3, -0.25) is 13.8 Å². The molecule has 5 rings (SSSR count). The Morgan fingerprint density at radius 3 is 2.44 bits per heavy atom. The number of amides is 1. The molecule has 3 saturated carbocycles. The number of carbonyl (C=O) groups is 2. The number of aliphatic hydroxyl groups excluding tert-OH is 2. The number of ether oxygens (including phenoxy) is 1. The fraction of sp³-hybridized carbons (Fsp3) is 0.917. The molecule has 0 aromatic rings. The van der Waals surface area contributed by atoms with Crippen molar-refractivity contribution in [2.45, 2.75) is 89.9 Å². The number of fused-ring (bicyclic) bond motifs is 3. The third kappa shape index (κ3) is 3.21. The molecule has 3 N–H and O–H groups in total. The number of ketones is 1. The summed E-state index contributed by atoms with van der Waals surface area (Å²) in [5, 5.41) is 24.4. The van der Waals surface area contributed by atoms with Gasteiger partial charge in [0.25, 0.3) is 10.1 Å². The number of rotatable bonds is 2. The molecule has 2 aliphatic heterocycles. The third-order valence-electron chi connectivity index (χ3n) is 10.3. The van der Waals surface area contributed by atoms with Crippen molar-refractivity contribution >= 4 is 21.8 Å². The van der Waals surface area contributed by atoms with Crippen LogP contribution in [0.3, 0.4) is 0 Å². The van der Waals surface area contributed by atoms with Crippen LogP contribution in [-0.4, -0.2) is 66.7 Å². The van der Waals surface area contributed by atoms with Gasteiger partial charge in [0.2, 0.25) is 5.91 Å². The maximum Gasteiger partial charge on any atom is 0.265 e. The van der Waals surface area contributed by atoms with Gasteiger partial charge < -0.3 is 20.3 Å². The molecule has 3 aliphatic carbocycles. The normalized spacial score (nSPS) is 52.1. The minimum absolute atomic E-state index is 0.0992. The summed E-state index contributed by atoms with van der Waals surface area (Å²) in [4.78, 5) is 26.0. The van der Waals surface area contributed by atoms with Crippen LogP contribution in [0, 0.1) is 40.4 Å². The Balaban J connectivity index is 1.64. The first-order chi connectivity index (χ1) is 15.6. The van der Waals surface area contributed by atoms with Crippen molar-refractivity contribution in [3.8, 4) is 0 Å². The van der Waals surface area contributed by atoms with Gasteiger partial charge in [0, 0.05) is 35.0 Å². The molecule has 9 nitrogen and oxygen atoms in total. The highest BCUT2D eigenvalue weighted by Crippen LogP contribution is 2.68. The lowest BCUT2D eigenvalue weighted by Crippen LogP contribution is -2.74. The van der Waals surface area contributed by atoms with Crippen LogP contribution in [0.15, 0.2) is 0 Å². The molecule has 2 heterocycles. The summed E-state index contributed by atoms with van der Waals surface area (Å²) in [5.41, 5.74) is -2.24. The molecular weight excluding hydrogens is 462 g/mol. The summed E-state index contributed by atoms with van der Waals surface area (Å²) >= 11 is 0. The third-order valence-corrected chi connectivity index (χ3v) is 10.9. The molecule has 5 aliphatic rings. The van der Waals surface area contributed by atoms with Gasteiger partial charge >= 0.3 is 0 Å². The standard InChI is InChI=1S/C24H37NO8S/c1-11-6-7-16-22(2,3)19(27)15(33-34(5,30)31)10-24(16)23(11,4)9-13-14(26)8-12-17(18(13)32-24)21(29)25-20(12)28/h11-18,21,26,29H,6-10H2,1-5H3,(H,25,28). The lowest BCUT2D eigenvalue weighted by Gasteiger charge is -2.70. The van der Waals surface area contributed by atoms with Crippen LogP contribution in [0.4, 0.5) is 0 Å². The van der Waals surface area contributed by atoms with Crippen molar-refractivity contribution < 1.29 is 37.1 Å². The highest BCUT2D eigenvalue weighted by molar-refractivity contribution is 7.86. The van der Waals surface area contributed by atoms with E-state index >= 15 is 0 Å². The van der Waals surface area contributed by atoms with Gasteiger partial charge in [0.15, 0.2) is 5.78 Å². The van der Waals surface area contributed by atoms with E-state index in [1.807, 2.05) is 13.8 Å².